The SMILES string of the molecule is CCCCCCCCCCCC(=O)OCCOCCOCCOCCN(C)C(=O)OCC1c2ccccc2-c2ccccc21. The Labute approximate surface area is 264 Å². The maximum absolute atomic E-state index is 12.6. The minimum absolute atomic E-state index is 0.0431. The summed E-state index contributed by atoms with van der Waals surface area (Å²) in [5.74, 6) is -0.101. The fourth-order valence-electron chi connectivity index (χ4n) is 5.41. The number of nitrogens with zero attached hydrogens (tertiary/aromatic N) is 1. The zero-order valence-electron chi connectivity index (χ0n) is 26.9. The number of likely N-dealkylation sites (N-methyl/N-ethyl adjacent to an activating group) is 1. The Bertz CT molecular complexity index is 1050. The lowest BCUT2D eigenvalue weighted by Gasteiger charge is -2.19. The Balaban J connectivity index is 1.10. The molecule has 0 atom stereocenters. The van der Waals surface area contributed by atoms with Crippen LogP contribution in [-0.2, 0) is 28.5 Å². The molecule has 244 valence electrons. The van der Waals surface area contributed by atoms with Gasteiger partial charge in [-0.1, -0.05) is 107 Å². The first-order valence-electron chi connectivity index (χ1n) is 16.6. The van der Waals surface area contributed by atoms with Crippen LogP contribution >= 0.6 is 0 Å². The van der Waals surface area contributed by atoms with Crippen molar-refractivity contribution in [2.45, 2.75) is 77.0 Å². The number of esters is 1. The van der Waals surface area contributed by atoms with E-state index in [-0.39, 0.29) is 24.6 Å². The first-order valence-corrected chi connectivity index (χ1v) is 16.6. The van der Waals surface area contributed by atoms with E-state index in [0.717, 1.165) is 12.8 Å². The van der Waals surface area contributed by atoms with Gasteiger partial charge in [-0.3, -0.25) is 4.79 Å². The minimum atomic E-state index is -0.363. The van der Waals surface area contributed by atoms with Gasteiger partial charge in [0.25, 0.3) is 0 Å². The molecule has 0 saturated carbocycles. The van der Waals surface area contributed by atoms with Crippen molar-refractivity contribution in [2.75, 3.05) is 66.4 Å². The van der Waals surface area contributed by atoms with Gasteiger partial charge < -0.3 is 28.6 Å². The van der Waals surface area contributed by atoms with Gasteiger partial charge in [-0.25, -0.2) is 4.79 Å². The van der Waals surface area contributed by atoms with Gasteiger partial charge in [0.1, 0.15) is 13.2 Å². The quantitative estimate of drug-likeness (QED) is 0.0905. The Kier molecular flexibility index (Phi) is 17.5. The van der Waals surface area contributed by atoms with Crippen LogP contribution in [0.4, 0.5) is 4.79 Å². The number of hydrogen-bond donors (Lipinski definition) is 0. The molecule has 0 N–H and O–H groups in total. The number of rotatable bonds is 24. The van der Waals surface area contributed by atoms with E-state index in [1.165, 1.54) is 72.1 Å². The molecule has 0 bridgehead atoms. The third kappa shape index (κ3) is 13.0. The smallest absolute Gasteiger partial charge is 0.409 e. The molecule has 0 saturated heterocycles. The van der Waals surface area contributed by atoms with Gasteiger partial charge in [0.05, 0.1) is 39.6 Å². The van der Waals surface area contributed by atoms with Crippen molar-refractivity contribution >= 4 is 12.1 Å². The Hall–Kier alpha value is -2.94. The van der Waals surface area contributed by atoms with Crippen LogP contribution in [0.1, 0.15) is 88.2 Å². The van der Waals surface area contributed by atoms with Crippen molar-refractivity contribution in [3.05, 3.63) is 59.7 Å². The highest BCUT2D eigenvalue weighted by Crippen LogP contribution is 2.44. The molecule has 8 nitrogen and oxygen atoms in total. The van der Waals surface area contributed by atoms with E-state index in [9.17, 15) is 9.59 Å². The van der Waals surface area contributed by atoms with Crippen LogP contribution in [0.2, 0.25) is 0 Å². The van der Waals surface area contributed by atoms with E-state index in [4.69, 9.17) is 23.7 Å². The monoisotopic (exact) mass is 611 g/mol. The molecule has 2 aromatic rings. The van der Waals surface area contributed by atoms with Crippen LogP contribution in [0.25, 0.3) is 11.1 Å². The second kappa shape index (κ2) is 21.7. The molecule has 0 aromatic heterocycles. The van der Waals surface area contributed by atoms with E-state index in [1.54, 1.807) is 7.05 Å². The van der Waals surface area contributed by atoms with Gasteiger partial charge >= 0.3 is 12.1 Å². The average Bonchev–Trinajstić information content (AvgIpc) is 3.36. The summed E-state index contributed by atoms with van der Waals surface area (Å²) in [6.07, 6.45) is 11.2. The van der Waals surface area contributed by atoms with E-state index in [0.29, 0.717) is 59.2 Å². The highest BCUT2D eigenvalue weighted by Gasteiger charge is 2.29. The summed E-state index contributed by atoms with van der Waals surface area (Å²) >= 11 is 0. The summed E-state index contributed by atoms with van der Waals surface area (Å²) in [6, 6.07) is 16.6. The van der Waals surface area contributed by atoms with Crippen molar-refractivity contribution < 1.29 is 33.3 Å². The maximum Gasteiger partial charge on any atom is 0.409 e. The van der Waals surface area contributed by atoms with Crippen LogP contribution in [0.5, 0.6) is 0 Å². The van der Waals surface area contributed by atoms with Crippen LogP contribution in [0, 0.1) is 0 Å². The molecule has 3 rings (SSSR count). The molecular formula is C36H53NO7. The van der Waals surface area contributed by atoms with Gasteiger partial charge in [0.15, 0.2) is 0 Å². The Morgan fingerprint density at radius 1 is 0.636 bits per heavy atom. The van der Waals surface area contributed by atoms with Gasteiger partial charge in [-0.15, -0.1) is 0 Å². The van der Waals surface area contributed by atoms with Crippen LogP contribution in [0.3, 0.4) is 0 Å². The molecule has 0 radical (unpaired) electrons. The maximum atomic E-state index is 12.6. The van der Waals surface area contributed by atoms with Crippen LogP contribution in [-0.4, -0.2) is 83.4 Å². The van der Waals surface area contributed by atoms with Crippen molar-refractivity contribution in [1.82, 2.24) is 4.90 Å². The molecule has 0 aliphatic heterocycles. The predicted molar refractivity (Wildman–Crippen MR) is 173 cm³/mol. The van der Waals surface area contributed by atoms with E-state index < -0.39 is 0 Å². The summed E-state index contributed by atoms with van der Waals surface area (Å²) in [5.41, 5.74) is 4.81. The number of fused-ring (bicyclic) bond motifs is 3. The van der Waals surface area contributed by atoms with Gasteiger partial charge in [-0.05, 0) is 28.7 Å². The standard InChI is InChI=1S/C36H53NO7/c1-3-4-5-6-7-8-9-10-11-20-35(38)43-28-27-42-26-25-41-24-23-40-22-21-37(2)36(39)44-29-34-32-18-14-12-16-30(32)31-17-13-15-19-33(31)34/h12-19,34H,3-11,20-29H2,1-2H3. The third-order valence-electron chi connectivity index (χ3n) is 7.94. The van der Waals surface area contributed by atoms with E-state index >= 15 is 0 Å². The Morgan fingerprint density at radius 3 is 1.73 bits per heavy atom. The fourth-order valence-corrected chi connectivity index (χ4v) is 5.41. The number of unbranched alkanes of at least 4 members (excludes halogenated alkanes) is 8. The van der Waals surface area contributed by atoms with Crippen LogP contribution in [0.15, 0.2) is 48.5 Å². The van der Waals surface area contributed by atoms with E-state index in [1.807, 2.05) is 24.3 Å². The lowest BCUT2D eigenvalue weighted by atomic mass is 9.98. The zero-order valence-corrected chi connectivity index (χ0v) is 26.9. The van der Waals surface area contributed by atoms with Gasteiger partial charge in [0.2, 0.25) is 0 Å². The second-order valence-corrected chi connectivity index (χ2v) is 11.4. The first kappa shape index (κ1) is 35.5. The van der Waals surface area contributed by atoms with E-state index in [2.05, 4.69) is 31.2 Å². The largest absolute Gasteiger partial charge is 0.463 e. The predicted octanol–water partition coefficient (Wildman–Crippen LogP) is 7.38. The first-order chi connectivity index (χ1) is 21.6. The Morgan fingerprint density at radius 2 is 1.14 bits per heavy atom. The molecule has 0 heterocycles. The van der Waals surface area contributed by atoms with Crippen molar-refractivity contribution in [3.8, 4) is 11.1 Å². The van der Waals surface area contributed by atoms with Gasteiger partial charge in [0, 0.05) is 25.9 Å². The molecule has 0 spiro atoms. The second-order valence-electron chi connectivity index (χ2n) is 11.4. The fraction of sp³-hybridized carbons (Fsp3) is 0.611. The summed E-state index contributed by atoms with van der Waals surface area (Å²) < 4.78 is 27.5. The lowest BCUT2D eigenvalue weighted by molar-refractivity contribution is -0.145. The summed E-state index contributed by atoms with van der Waals surface area (Å²) in [7, 11) is 1.71. The average molecular weight is 612 g/mol. The van der Waals surface area contributed by atoms with Gasteiger partial charge in [-0.2, -0.15) is 0 Å². The normalized spacial score (nSPS) is 12.1. The lowest BCUT2D eigenvalue weighted by Crippen LogP contribution is -2.32. The molecule has 2 aromatic carbocycles. The number of ether oxygens (including phenoxy) is 5. The molecular weight excluding hydrogens is 558 g/mol. The number of carbonyl (C=O) groups excluding carboxylic acids is 2. The highest BCUT2D eigenvalue weighted by molar-refractivity contribution is 5.79. The van der Waals surface area contributed by atoms with Crippen molar-refractivity contribution in [2.24, 2.45) is 0 Å². The topological polar surface area (TPSA) is 83.5 Å². The number of amides is 1. The number of hydrogen-bond acceptors (Lipinski definition) is 7. The van der Waals surface area contributed by atoms with Crippen molar-refractivity contribution in [1.29, 1.82) is 0 Å². The summed E-state index contributed by atoms with van der Waals surface area (Å²) in [4.78, 5) is 25.9. The zero-order chi connectivity index (χ0) is 31.2. The van der Waals surface area contributed by atoms with Crippen LogP contribution < -0.4 is 0 Å². The summed E-state index contributed by atoms with van der Waals surface area (Å²) in [5, 5.41) is 0. The molecule has 1 aliphatic carbocycles. The molecule has 1 amide bonds. The minimum Gasteiger partial charge on any atom is -0.463 e. The number of benzene rings is 2. The molecule has 1 aliphatic rings. The molecule has 8 heteroatoms. The molecule has 0 fully saturated rings. The number of carbonyl (C=O) groups is 2. The highest BCUT2D eigenvalue weighted by atomic mass is 16.6. The third-order valence-corrected chi connectivity index (χ3v) is 7.94. The summed E-state index contributed by atoms with van der Waals surface area (Å²) in [6.45, 7) is 5.73. The molecule has 0 unspecified atom stereocenters. The van der Waals surface area contributed by atoms with Crippen molar-refractivity contribution in [3.63, 3.8) is 0 Å². The molecule has 44 heavy (non-hydrogen) atoms.